The van der Waals surface area contributed by atoms with Crippen LogP contribution in [0.5, 0.6) is 5.75 Å². The fourth-order valence-electron chi connectivity index (χ4n) is 3.12. The number of carbonyl (C=O) groups excluding carboxylic acids is 1. The van der Waals surface area contributed by atoms with E-state index in [1.807, 2.05) is 38.1 Å². The van der Waals surface area contributed by atoms with Crippen LogP contribution in [0.3, 0.4) is 0 Å². The summed E-state index contributed by atoms with van der Waals surface area (Å²) in [6.45, 7) is 5.08. The predicted octanol–water partition coefficient (Wildman–Crippen LogP) is 3.63. The van der Waals surface area contributed by atoms with Gasteiger partial charge in [0, 0.05) is 13.1 Å². The highest BCUT2D eigenvalue weighted by molar-refractivity contribution is 7.89. The van der Waals surface area contributed by atoms with Gasteiger partial charge in [-0.05, 0) is 57.0 Å². The molecule has 1 aliphatic heterocycles. The number of amides is 1. The first-order chi connectivity index (χ1) is 13.8. The first kappa shape index (κ1) is 21.6. The zero-order chi connectivity index (χ0) is 21.0. The fraction of sp³-hybridized carbons (Fsp3) is 0.381. The van der Waals surface area contributed by atoms with Crippen molar-refractivity contribution in [3.63, 3.8) is 0 Å². The smallest absolute Gasteiger partial charge is 0.253 e. The Hall–Kier alpha value is -2.09. The molecule has 1 N–H and O–H groups in total. The number of ether oxygens (including phenoxy) is 1. The lowest BCUT2D eigenvalue weighted by Gasteiger charge is -2.18. The van der Waals surface area contributed by atoms with E-state index in [0.29, 0.717) is 18.8 Å². The van der Waals surface area contributed by atoms with Crippen LogP contribution in [-0.2, 0) is 10.0 Å². The number of aryl methyl sites for hydroxylation is 1. The summed E-state index contributed by atoms with van der Waals surface area (Å²) in [7, 11) is -3.62. The van der Waals surface area contributed by atoms with Crippen LogP contribution in [0.25, 0.3) is 0 Å². The second-order valence-corrected chi connectivity index (χ2v) is 9.60. The number of hydrogen-bond donors (Lipinski definition) is 1. The monoisotopic (exact) mass is 436 g/mol. The minimum absolute atomic E-state index is 0.0810. The van der Waals surface area contributed by atoms with E-state index < -0.39 is 15.9 Å². The van der Waals surface area contributed by atoms with Gasteiger partial charge in [0.15, 0.2) is 0 Å². The largest absolute Gasteiger partial charge is 0.491 e. The minimum Gasteiger partial charge on any atom is -0.491 e. The second kappa shape index (κ2) is 9.15. The van der Waals surface area contributed by atoms with E-state index >= 15 is 0 Å². The number of halogens is 1. The van der Waals surface area contributed by atoms with Crippen molar-refractivity contribution in [1.29, 1.82) is 0 Å². The van der Waals surface area contributed by atoms with Gasteiger partial charge < -0.3 is 10.1 Å². The van der Waals surface area contributed by atoms with E-state index in [-0.39, 0.29) is 28.1 Å². The Morgan fingerprint density at radius 3 is 2.48 bits per heavy atom. The van der Waals surface area contributed by atoms with Gasteiger partial charge in [-0.1, -0.05) is 29.3 Å². The summed E-state index contributed by atoms with van der Waals surface area (Å²) >= 11 is 6.17. The van der Waals surface area contributed by atoms with E-state index in [9.17, 15) is 13.2 Å². The van der Waals surface area contributed by atoms with Crippen molar-refractivity contribution in [2.45, 2.75) is 37.6 Å². The van der Waals surface area contributed by atoms with E-state index in [4.69, 9.17) is 16.3 Å². The molecule has 3 rings (SSSR count). The fourth-order valence-corrected chi connectivity index (χ4v) is 4.86. The quantitative estimate of drug-likeness (QED) is 0.719. The summed E-state index contributed by atoms with van der Waals surface area (Å²) in [5.41, 5.74) is 1.27. The first-order valence-electron chi connectivity index (χ1n) is 9.57. The molecule has 8 heteroatoms. The Kier molecular flexibility index (Phi) is 6.82. The SMILES string of the molecule is Cc1ccc(OC[C@@H](C)NC(=O)c2cc(S(=O)(=O)N3CCCC3)ccc2Cl)cc1. The number of nitrogens with one attached hydrogen (secondary N) is 1. The van der Waals surface area contributed by atoms with Gasteiger partial charge in [-0.25, -0.2) is 8.42 Å². The Bertz CT molecular complexity index is 971. The van der Waals surface area contributed by atoms with Gasteiger partial charge in [0.05, 0.1) is 21.5 Å². The molecular weight excluding hydrogens is 412 g/mol. The summed E-state index contributed by atoms with van der Waals surface area (Å²) in [5, 5.41) is 3.01. The van der Waals surface area contributed by atoms with Gasteiger partial charge in [0.25, 0.3) is 5.91 Å². The molecule has 6 nitrogen and oxygen atoms in total. The highest BCUT2D eigenvalue weighted by atomic mass is 35.5. The Morgan fingerprint density at radius 2 is 1.83 bits per heavy atom. The van der Waals surface area contributed by atoms with E-state index in [2.05, 4.69) is 5.32 Å². The van der Waals surface area contributed by atoms with Crippen LogP contribution in [0.15, 0.2) is 47.4 Å². The number of hydrogen-bond acceptors (Lipinski definition) is 4. The van der Waals surface area contributed by atoms with Crippen LogP contribution < -0.4 is 10.1 Å². The number of sulfonamides is 1. The predicted molar refractivity (Wildman–Crippen MR) is 113 cm³/mol. The van der Waals surface area contributed by atoms with Crippen molar-refractivity contribution in [2.24, 2.45) is 0 Å². The number of benzene rings is 2. The third kappa shape index (κ3) is 5.29. The van der Waals surface area contributed by atoms with Crippen LogP contribution in [0, 0.1) is 6.92 Å². The number of nitrogens with zero attached hydrogens (tertiary/aromatic N) is 1. The zero-order valence-electron chi connectivity index (χ0n) is 16.5. The molecule has 1 saturated heterocycles. The molecule has 0 aliphatic carbocycles. The molecule has 0 radical (unpaired) electrons. The van der Waals surface area contributed by atoms with Crippen molar-refractivity contribution in [1.82, 2.24) is 9.62 Å². The second-order valence-electron chi connectivity index (χ2n) is 7.25. The lowest BCUT2D eigenvalue weighted by Crippen LogP contribution is -2.37. The topological polar surface area (TPSA) is 75.7 Å². The lowest BCUT2D eigenvalue weighted by molar-refractivity contribution is 0.0926. The minimum atomic E-state index is -3.62. The summed E-state index contributed by atoms with van der Waals surface area (Å²) in [5.74, 6) is 0.280. The molecule has 1 fully saturated rings. The lowest BCUT2D eigenvalue weighted by atomic mass is 10.2. The molecule has 1 heterocycles. The van der Waals surface area contributed by atoms with Gasteiger partial charge in [-0.2, -0.15) is 4.31 Å². The Morgan fingerprint density at radius 1 is 1.17 bits per heavy atom. The molecule has 156 valence electrons. The molecule has 29 heavy (non-hydrogen) atoms. The summed E-state index contributed by atoms with van der Waals surface area (Å²) in [4.78, 5) is 12.8. The summed E-state index contributed by atoms with van der Waals surface area (Å²) in [6.07, 6.45) is 1.69. The maximum absolute atomic E-state index is 12.8. The van der Waals surface area contributed by atoms with E-state index in [1.54, 1.807) is 0 Å². The van der Waals surface area contributed by atoms with Crippen LogP contribution in [-0.4, -0.2) is 44.4 Å². The van der Waals surface area contributed by atoms with Gasteiger partial charge in [0.2, 0.25) is 10.0 Å². The van der Waals surface area contributed by atoms with Gasteiger partial charge >= 0.3 is 0 Å². The molecule has 2 aromatic rings. The average Bonchev–Trinajstić information content (AvgIpc) is 3.23. The maximum Gasteiger partial charge on any atom is 0.253 e. The summed E-state index contributed by atoms with van der Waals surface area (Å²) < 4.78 is 32.6. The van der Waals surface area contributed by atoms with Crippen molar-refractivity contribution < 1.29 is 17.9 Å². The van der Waals surface area contributed by atoms with Gasteiger partial charge in [0.1, 0.15) is 12.4 Å². The highest BCUT2D eigenvalue weighted by Crippen LogP contribution is 2.25. The normalized spacial score (nSPS) is 15.8. The van der Waals surface area contributed by atoms with Crippen LogP contribution in [0.4, 0.5) is 0 Å². The van der Waals surface area contributed by atoms with Crippen LogP contribution in [0.1, 0.15) is 35.7 Å². The third-order valence-corrected chi connectivity index (χ3v) is 7.01. The van der Waals surface area contributed by atoms with Crippen molar-refractivity contribution in [3.05, 3.63) is 58.6 Å². The summed E-state index contributed by atoms with van der Waals surface area (Å²) in [6, 6.07) is 11.6. The van der Waals surface area contributed by atoms with E-state index in [0.717, 1.165) is 18.4 Å². The molecule has 0 aromatic heterocycles. The Balaban J connectivity index is 1.67. The Labute approximate surface area is 176 Å². The van der Waals surface area contributed by atoms with Crippen LogP contribution in [0.2, 0.25) is 5.02 Å². The van der Waals surface area contributed by atoms with Crippen molar-refractivity contribution in [3.8, 4) is 5.75 Å². The number of rotatable bonds is 7. The molecule has 0 bridgehead atoms. The van der Waals surface area contributed by atoms with Crippen molar-refractivity contribution >= 4 is 27.5 Å². The maximum atomic E-state index is 12.8. The average molecular weight is 437 g/mol. The van der Waals surface area contributed by atoms with E-state index in [1.165, 1.54) is 22.5 Å². The van der Waals surface area contributed by atoms with Crippen LogP contribution >= 0.6 is 11.6 Å². The zero-order valence-corrected chi connectivity index (χ0v) is 18.1. The molecular formula is C21H25ClN2O4S. The molecule has 2 aromatic carbocycles. The number of carbonyl (C=O) groups is 1. The first-order valence-corrected chi connectivity index (χ1v) is 11.4. The molecule has 1 atom stereocenters. The van der Waals surface area contributed by atoms with Gasteiger partial charge in [-0.3, -0.25) is 4.79 Å². The third-order valence-electron chi connectivity index (χ3n) is 4.78. The molecule has 1 aliphatic rings. The van der Waals surface area contributed by atoms with Crippen molar-refractivity contribution in [2.75, 3.05) is 19.7 Å². The highest BCUT2D eigenvalue weighted by Gasteiger charge is 2.28. The molecule has 0 saturated carbocycles. The molecule has 1 amide bonds. The standard InChI is InChI=1S/C21H25ClN2O4S/c1-15-5-7-17(8-6-15)28-14-16(2)23-21(25)19-13-18(9-10-20(19)22)29(26,27)24-11-3-4-12-24/h5-10,13,16H,3-4,11-12,14H2,1-2H3,(H,23,25)/t16-/m1/s1. The molecule has 0 spiro atoms. The molecule has 0 unspecified atom stereocenters. The van der Waals surface area contributed by atoms with Gasteiger partial charge in [-0.15, -0.1) is 0 Å².